The number of thiazole rings is 1. The van der Waals surface area contributed by atoms with Crippen LogP contribution in [-0.2, 0) is 11.2 Å². The molecule has 1 saturated heterocycles. The van der Waals surface area contributed by atoms with Crippen LogP contribution in [0.3, 0.4) is 0 Å². The van der Waals surface area contributed by atoms with E-state index in [0.717, 1.165) is 38.9 Å². The van der Waals surface area contributed by atoms with Crippen molar-refractivity contribution in [2.45, 2.75) is 51.7 Å². The van der Waals surface area contributed by atoms with Crippen LogP contribution in [-0.4, -0.2) is 47.3 Å². The Morgan fingerprint density at radius 3 is 2.76 bits per heavy atom. The molecule has 0 bridgehead atoms. The molecule has 118 valence electrons. The van der Waals surface area contributed by atoms with Gasteiger partial charge in [0.25, 0.3) is 0 Å². The van der Waals surface area contributed by atoms with Gasteiger partial charge in [-0.25, -0.2) is 9.78 Å². The fraction of sp³-hybridized carbons (Fsp3) is 0.733. The van der Waals surface area contributed by atoms with Gasteiger partial charge in [0, 0.05) is 43.7 Å². The number of rotatable bonds is 4. The Bertz CT molecular complexity index is 434. The van der Waals surface area contributed by atoms with Crippen molar-refractivity contribution in [1.82, 2.24) is 15.2 Å². The van der Waals surface area contributed by atoms with Crippen LogP contribution in [0.15, 0.2) is 11.6 Å². The van der Waals surface area contributed by atoms with Crippen LogP contribution in [0, 0.1) is 0 Å². The highest BCUT2D eigenvalue weighted by atomic mass is 32.1. The number of piperidine rings is 1. The Morgan fingerprint density at radius 1 is 1.48 bits per heavy atom. The summed E-state index contributed by atoms with van der Waals surface area (Å²) in [6.45, 7) is 8.19. The Balaban J connectivity index is 1.65. The quantitative estimate of drug-likeness (QED) is 0.929. The summed E-state index contributed by atoms with van der Waals surface area (Å²) in [5.74, 6) is 0. The first-order valence-corrected chi connectivity index (χ1v) is 8.42. The number of aromatic nitrogens is 1. The number of carbonyl (C=O) groups excluding carboxylic acids is 1. The maximum atomic E-state index is 12.0. The second kappa shape index (κ2) is 7.22. The largest absolute Gasteiger partial charge is 0.444 e. The molecule has 0 aliphatic carbocycles. The molecule has 6 heteroatoms. The minimum Gasteiger partial charge on any atom is -0.444 e. The lowest BCUT2D eigenvalue weighted by Crippen LogP contribution is -2.46. The van der Waals surface area contributed by atoms with Crippen molar-refractivity contribution >= 4 is 17.4 Å². The minimum absolute atomic E-state index is 0.191. The van der Waals surface area contributed by atoms with Crippen molar-refractivity contribution in [2.24, 2.45) is 0 Å². The first-order chi connectivity index (χ1) is 9.94. The molecule has 0 spiro atoms. The zero-order valence-electron chi connectivity index (χ0n) is 13.1. The second-order valence-corrected chi connectivity index (χ2v) is 7.35. The number of nitrogens with zero attached hydrogens (tertiary/aromatic N) is 2. The molecule has 1 aromatic heterocycles. The lowest BCUT2D eigenvalue weighted by molar-refractivity contribution is 0.0198. The van der Waals surface area contributed by atoms with E-state index in [4.69, 9.17) is 4.74 Å². The van der Waals surface area contributed by atoms with Gasteiger partial charge in [0.1, 0.15) is 5.60 Å². The molecular weight excluding hydrogens is 286 g/mol. The standard InChI is InChI=1S/C15H25N3O2S/c1-15(2,3)20-14(19)18-9-5-12(6-10-18)16-7-4-13-17-8-11-21-13/h8,11-12,16H,4-7,9-10H2,1-3H3. The van der Waals surface area contributed by atoms with Crippen molar-refractivity contribution in [3.8, 4) is 0 Å². The maximum Gasteiger partial charge on any atom is 0.410 e. The van der Waals surface area contributed by atoms with E-state index < -0.39 is 5.60 Å². The predicted octanol–water partition coefficient (Wildman–Crippen LogP) is 2.67. The van der Waals surface area contributed by atoms with Crippen molar-refractivity contribution in [1.29, 1.82) is 0 Å². The molecule has 5 nitrogen and oxygen atoms in total. The van der Waals surface area contributed by atoms with Crippen LogP contribution >= 0.6 is 11.3 Å². The zero-order chi connectivity index (χ0) is 15.3. The molecule has 1 aliphatic heterocycles. The number of ether oxygens (including phenoxy) is 1. The normalized spacial score (nSPS) is 17.0. The minimum atomic E-state index is -0.417. The van der Waals surface area contributed by atoms with E-state index in [2.05, 4.69) is 10.3 Å². The van der Waals surface area contributed by atoms with Crippen LogP contribution in [0.25, 0.3) is 0 Å². The van der Waals surface area contributed by atoms with Crippen LogP contribution < -0.4 is 5.32 Å². The van der Waals surface area contributed by atoms with E-state index in [1.54, 1.807) is 11.3 Å². The summed E-state index contributed by atoms with van der Waals surface area (Å²) in [6.07, 6.45) is 4.60. The summed E-state index contributed by atoms with van der Waals surface area (Å²) in [7, 11) is 0. The molecule has 0 atom stereocenters. The third-order valence-corrected chi connectivity index (χ3v) is 4.24. The Kier molecular flexibility index (Phi) is 5.58. The van der Waals surface area contributed by atoms with Crippen LogP contribution in [0.5, 0.6) is 0 Å². The van der Waals surface area contributed by atoms with Gasteiger partial charge in [-0.1, -0.05) is 0 Å². The monoisotopic (exact) mass is 311 g/mol. The second-order valence-electron chi connectivity index (χ2n) is 6.37. The average Bonchev–Trinajstić information content (AvgIpc) is 2.91. The van der Waals surface area contributed by atoms with Crippen LogP contribution in [0.2, 0.25) is 0 Å². The third kappa shape index (κ3) is 5.63. The topological polar surface area (TPSA) is 54.5 Å². The van der Waals surface area contributed by atoms with E-state index in [0.29, 0.717) is 6.04 Å². The molecule has 1 amide bonds. The molecule has 0 aromatic carbocycles. The van der Waals surface area contributed by atoms with Gasteiger partial charge in [-0.15, -0.1) is 11.3 Å². The van der Waals surface area contributed by atoms with Gasteiger partial charge < -0.3 is 15.0 Å². The Morgan fingerprint density at radius 2 is 2.19 bits per heavy atom. The molecule has 1 fully saturated rings. The molecule has 1 N–H and O–H groups in total. The fourth-order valence-electron chi connectivity index (χ4n) is 2.35. The summed E-state index contributed by atoms with van der Waals surface area (Å²) < 4.78 is 5.40. The molecule has 0 radical (unpaired) electrons. The third-order valence-electron chi connectivity index (χ3n) is 3.40. The molecule has 2 heterocycles. The van der Waals surface area contributed by atoms with E-state index in [1.165, 1.54) is 5.01 Å². The van der Waals surface area contributed by atoms with Gasteiger partial charge in [-0.3, -0.25) is 0 Å². The summed E-state index contributed by atoms with van der Waals surface area (Å²) in [6, 6.07) is 0.489. The van der Waals surface area contributed by atoms with Crippen molar-refractivity contribution in [2.75, 3.05) is 19.6 Å². The summed E-state index contributed by atoms with van der Waals surface area (Å²) >= 11 is 1.70. The molecule has 0 saturated carbocycles. The highest BCUT2D eigenvalue weighted by Gasteiger charge is 2.26. The smallest absolute Gasteiger partial charge is 0.410 e. The van der Waals surface area contributed by atoms with E-state index in [-0.39, 0.29) is 6.09 Å². The van der Waals surface area contributed by atoms with Gasteiger partial charge >= 0.3 is 6.09 Å². The van der Waals surface area contributed by atoms with Gasteiger partial charge in [0.2, 0.25) is 0 Å². The summed E-state index contributed by atoms with van der Waals surface area (Å²) in [5.41, 5.74) is -0.417. The Labute approximate surface area is 130 Å². The fourth-order valence-corrected chi connectivity index (χ4v) is 2.97. The van der Waals surface area contributed by atoms with Crippen molar-refractivity contribution < 1.29 is 9.53 Å². The lowest BCUT2D eigenvalue weighted by Gasteiger charge is -2.33. The van der Waals surface area contributed by atoms with Crippen LogP contribution in [0.4, 0.5) is 4.79 Å². The molecule has 1 aromatic rings. The number of carbonyl (C=O) groups is 1. The van der Waals surface area contributed by atoms with Crippen LogP contribution in [0.1, 0.15) is 38.6 Å². The van der Waals surface area contributed by atoms with E-state index >= 15 is 0 Å². The molecule has 2 rings (SSSR count). The van der Waals surface area contributed by atoms with Gasteiger partial charge in [-0.05, 0) is 33.6 Å². The lowest BCUT2D eigenvalue weighted by atomic mass is 10.1. The SMILES string of the molecule is CC(C)(C)OC(=O)N1CCC(NCCc2nccs2)CC1. The maximum absolute atomic E-state index is 12.0. The highest BCUT2D eigenvalue weighted by molar-refractivity contribution is 7.09. The van der Waals surface area contributed by atoms with E-state index in [9.17, 15) is 4.79 Å². The first kappa shape index (κ1) is 16.2. The van der Waals surface area contributed by atoms with Gasteiger partial charge in [0.15, 0.2) is 0 Å². The molecule has 21 heavy (non-hydrogen) atoms. The number of likely N-dealkylation sites (tertiary alicyclic amines) is 1. The van der Waals surface area contributed by atoms with Crippen molar-refractivity contribution in [3.05, 3.63) is 16.6 Å². The number of nitrogens with one attached hydrogen (secondary N) is 1. The van der Waals surface area contributed by atoms with Gasteiger partial charge in [-0.2, -0.15) is 0 Å². The van der Waals surface area contributed by atoms with E-state index in [1.807, 2.05) is 37.2 Å². The van der Waals surface area contributed by atoms with Gasteiger partial charge in [0.05, 0.1) is 5.01 Å². The Hall–Kier alpha value is -1.14. The number of hydrogen-bond donors (Lipinski definition) is 1. The number of amides is 1. The first-order valence-electron chi connectivity index (χ1n) is 7.54. The molecular formula is C15H25N3O2S. The summed E-state index contributed by atoms with van der Waals surface area (Å²) in [5, 5.41) is 6.74. The van der Waals surface area contributed by atoms with Crippen molar-refractivity contribution in [3.63, 3.8) is 0 Å². The molecule has 0 unspecified atom stereocenters. The average molecular weight is 311 g/mol. The number of hydrogen-bond acceptors (Lipinski definition) is 5. The highest BCUT2D eigenvalue weighted by Crippen LogP contribution is 2.15. The zero-order valence-corrected chi connectivity index (χ0v) is 13.9. The molecule has 1 aliphatic rings. The predicted molar refractivity (Wildman–Crippen MR) is 84.6 cm³/mol. The summed E-state index contributed by atoms with van der Waals surface area (Å²) in [4.78, 5) is 18.1.